The van der Waals surface area contributed by atoms with Crippen LogP contribution in [0, 0.1) is 0 Å². The molecule has 158 valence electrons. The second-order valence-corrected chi connectivity index (χ2v) is 8.12. The number of rotatable bonds is 6. The largest absolute Gasteiger partial charge is 0.486 e. The molecule has 0 fully saturated rings. The van der Waals surface area contributed by atoms with Crippen LogP contribution in [0.3, 0.4) is 0 Å². The van der Waals surface area contributed by atoms with E-state index >= 15 is 0 Å². The minimum atomic E-state index is -0.711. The number of halogens is 1. The van der Waals surface area contributed by atoms with Crippen LogP contribution in [0.25, 0.3) is 0 Å². The van der Waals surface area contributed by atoms with Gasteiger partial charge in [0.15, 0.2) is 11.5 Å². The molecule has 1 aliphatic rings. The Morgan fingerprint density at radius 1 is 1.03 bits per heavy atom. The first-order valence-corrected chi connectivity index (χ1v) is 9.83. The second-order valence-electron chi connectivity index (χ2n) is 8.12. The van der Waals surface area contributed by atoms with Crippen LogP contribution in [0.15, 0.2) is 42.5 Å². The molecule has 0 aromatic heterocycles. The summed E-state index contributed by atoms with van der Waals surface area (Å²) in [6.45, 7) is 9.57. The second kappa shape index (κ2) is 9.51. The van der Waals surface area contributed by atoms with Gasteiger partial charge in [-0.25, -0.2) is 0 Å². The Kier molecular flexibility index (Phi) is 7.55. The Labute approximate surface area is 179 Å². The molecule has 0 spiro atoms. The van der Waals surface area contributed by atoms with Crippen molar-refractivity contribution >= 4 is 18.3 Å². The molecule has 3 N–H and O–H groups in total. The molecule has 3 rings (SSSR count). The Balaban J connectivity index is 0.00000300. The van der Waals surface area contributed by atoms with E-state index in [9.17, 15) is 4.79 Å². The summed E-state index contributed by atoms with van der Waals surface area (Å²) in [6.07, 6.45) is 0. The molecule has 5 nitrogen and oxygen atoms in total. The first-order chi connectivity index (χ1) is 13.3. The predicted molar refractivity (Wildman–Crippen MR) is 118 cm³/mol. The lowest BCUT2D eigenvalue weighted by Crippen LogP contribution is -2.42. The lowest BCUT2D eigenvalue weighted by atomic mass is 9.83. The molecule has 29 heavy (non-hydrogen) atoms. The third-order valence-corrected chi connectivity index (χ3v) is 5.35. The van der Waals surface area contributed by atoms with Crippen LogP contribution in [0.1, 0.15) is 56.3 Å². The van der Waals surface area contributed by atoms with Crippen LogP contribution in [0.4, 0.5) is 0 Å². The fourth-order valence-corrected chi connectivity index (χ4v) is 3.23. The molecule has 1 heterocycles. The average molecular weight is 419 g/mol. The highest BCUT2D eigenvalue weighted by Crippen LogP contribution is 2.35. The zero-order chi connectivity index (χ0) is 20.3. The summed E-state index contributed by atoms with van der Waals surface area (Å²) in [5.41, 5.74) is 8.75. The van der Waals surface area contributed by atoms with E-state index in [-0.39, 0.29) is 24.4 Å². The Morgan fingerprint density at radius 3 is 2.24 bits per heavy atom. The summed E-state index contributed by atoms with van der Waals surface area (Å²) in [5.74, 6) is 1.82. The van der Waals surface area contributed by atoms with Crippen LogP contribution in [0.5, 0.6) is 11.5 Å². The van der Waals surface area contributed by atoms with E-state index < -0.39 is 5.41 Å². The molecule has 6 heteroatoms. The number of fused-ring (bicyclic) bond motifs is 1. The maximum absolute atomic E-state index is 12.9. The summed E-state index contributed by atoms with van der Waals surface area (Å²) >= 11 is 0. The highest BCUT2D eigenvalue weighted by molar-refractivity contribution is 5.87. The molecular formula is C23H31ClN2O3. The molecule has 0 saturated heterocycles. The van der Waals surface area contributed by atoms with Gasteiger partial charge >= 0.3 is 0 Å². The average Bonchev–Trinajstić information content (AvgIpc) is 2.71. The number of hydrogen-bond acceptors (Lipinski definition) is 4. The van der Waals surface area contributed by atoms with Crippen molar-refractivity contribution in [2.75, 3.05) is 19.8 Å². The van der Waals surface area contributed by atoms with Crippen molar-refractivity contribution in [1.82, 2.24) is 5.32 Å². The molecule has 1 atom stereocenters. The number of carbonyl (C=O) groups is 1. The van der Waals surface area contributed by atoms with Crippen LogP contribution in [-0.2, 0) is 10.2 Å². The molecule has 2 aromatic rings. The van der Waals surface area contributed by atoms with E-state index in [1.54, 1.807) is 0 Å². The van der Waals surface area contributed by atoms with Gasteiger partial charge < -0.3 is 20.5 Å². The minimum Gasteiger partial charge on any atom is -0.486 e. The number of hydrogen-bond donors (Lipinski definition) is 2. The van der Waals surface area contributed by atoms with Gasteiger partial charge in [0.25, 0.3) is 0 Å². The van der Waals surface area contributed by atoms with E-state index in [0.717, 1.165) is 16.9 Å². The number of nitrogens with one attached hydrogen (secondary N) is 1. The van der Waals surface area contributed by atoms with Crippen LogP contribution >= 0.6 is 12.4 Å². The monoisotopic (exact) mass is 418 g/mol. The maximum Gasteiger partial charge on any atom is 0.230 e. The zero-order valence-electron chi connectivity index (χ0n) is 17.5. The molecule has 0 aliphatic carbocycles. The standard InChI is InChI=1S/C23H30N2O3.ClH/c1-15(2)16-5-7-17(8-6-16)19(24)14-25-22(26)23(3,4)18-9-10-20-21(13-18)28-12-11-27-20;/h5-10,13,15,19H,11-12,14,24H2,1-4H3,(H,25,26);1H. The van der Waals surface area contributed by atoms with E-state index in [0.29, 0.717) is 31.4 Å². The Hall–Kier alpha value is -2.24. The van der Waals surface area contributed by atoms with Gasteiger partial charge in [-0.3, -0.25) is 4.79 Å². The molecular weight excluding hydrogens is 388 g/mol. The first-order valence-electron chi connectivity index (χ1n) is 9.83. The first kappa shape index (κ1) is 23.0. The third-order valence-electron chi connectivity index (χ3n) is 5.35. The van der Waals surface area contributed by atoms with Gasteiger partial charge in [-0.05, 0) is 48.6 Å². The summed E-state index contributed by atoms with van der Waals surface area (Å²) in [6, 6.07) is 13.7. The topological polar surface area (TPSA) is 73.6 Å². The fourth-order valence-electron chi connectivity index (χ4n) is 3.23. The smallest absolute Gasteiger partial charge is 0.230 e. The van der Waals surface area contributed by atoms with Crippen molar-refractivity contribution in [1.29, 1.82) is 0 Å². The Morgan fingerprint density at radius 2 is 1.62 bits per heavy atom. The highest BCUT2D eigenvalue weighted by Gasteiger charge is 2.31. The molecule has 1 amide bonds. The lowest BCUT2D eigenvalue weighted by Gasteiger charge is -2.27. The van der Waals surface area contributed by atoms with Crippen LogP contribution < -0.4 is 20.5 Å². The van der Waals surface area contributed by atoms with E-state index in [1.165, 1.54) is 5.56 Å². The summed E-state index contributed by atoms with van der Waals surface area (Å²) in [5, 5.41) is 3.00. The predicted octanol–water partition coefficient (Wildman–Crippen LogP) is 4.10. The minimum absolute atomic E-state index is 0. The third kappa shape index (κ3) is 5.22. The molecule has 0 radical (unpaired) electrons. The van der Waals surface area contributed by atoms with Gasteiger partial charge in [-0.1, -0.05) is 44.2 Å². The van der Waals surface area contributed by atoms with Crippen LogP contribution in [0.2, 0.25) is 0 Å². The van der Waals surface area contributed by atoms with Gasteiger partial charge in [0.2, 0.25) is 5.91 Å². The molecule has 2 aromatic carbocycles. The van der Waals surface area contributed by atoms with Crippen molar-refractivity contribution in [3.05, 3.63) is 59.2 Å². The lowest BCUT2D eigenvalue weighted by molar-refractivity contribution is -0.125. The van der Waals surface area contributed by atoms with Gasteiger partial charge in [0.05, 0.1) is 5.41 Å². The summed E-state index contributed by atoms with van der Waals surface area (Å²) in [4.78, 5) is 12.9. The van der Waals surface area contributed by atoms with Crippen molar-refractivity contribution < 1.29 is 14.3 Å². The Bertz CT molecular complexity index is 835. The van der Waals surface area contributed by atoms with Gasteiger partial charge in [-0.2, -0.15) is 0 Å². The van der Waals surface area contributed by atoms with Gasteiger partial charge in [0, 0.05) is 12.6 Å². The number of nitrogens with two attached hydrogens (primary N) is 1. The normalized spacial score (nSPS) is 14.1. The quantitative estimate of drug-likeness (QED) is 0.740. The van der Waals surface area contributed by atoms with Crippen molar-refractivity contribution in [3.8, 4) is 11.5 Å². The van der Waals surface area contributed by atoms with E-state index in [4.69, 9.17) is 15.2 Å². The van der Waals surface area contributed by atoms with Crippen LogP contribution in [-0.4, -0.2) is 25.7 Å². The van der Waals surface area contributed by atoms with Gasteiger partial charge in [0.1, 0.15) is 13.2 Å². The number of carbonyl (C=O) groups excluding carboxylic acids is 1. The number of ether oxygens (including phenoxy) is 2. The summed E-state index contributed by atoms with van der Waals surface area (Å²) < 4.78 is 11.2. The summed E-state index contributed by atoms with van der Waals surface area (Å²) in [7, 11) is 0. The van der Waals surface area contributed by atoms with E-state index in [1.807, 2.05) is 44.2 Å². The molecule has 0 bridgehead atoms. The zero-order valence-corrected chi connectivity index (χ0v) is 18.3. The van der Waals surface area contributed by atoms with Crippen molar-refractivity contribution in [2.24, 2.45) is 5.73 Å². The van der Waals surface area contributed by atoms with Crippen molar-refractivity contribution in [2.45, 2.75) is 45.1 Å². The van der Waals surface area contributed by atoms with Gasteiger partial charge in [-0.15, -0.1) is 12.4 Å². The molecule has 1 unspecified atom stereocenters. The SMILES string of the molecule is CC(C)c1ccc(C(N)CNC(=O)C(C)(C)c2ccc3c(c2)OCCO3)cc1.Cl. The number of amides is 1. The maximum atomic E-state index is 12.9. The fraction of sp³-hybridized carbons (Fsp3) is 0.435. The molecule has 0 saturated carbocycles. The number of benzene rings is 2. The van der Waals surface area contributed by atoms with Crippen molar-refractivity contribution in [3.63, 3.8) is 0 Å². The molecule has 1 aliphatic heterocycles. The van der Waals surface area contributed by atoms with E-state index in [2.05, 4.69) is 31.3 Å². The highest BCUT2D eigenvalue weighted by atomic mass is 35.5.